The summed E-state index contributed by atoms with van der Waals surface area (Å²) in [6.07, 6.45) is 1.02. The number of carbonyl (C=O) groups excluding carboxylic acids is 1. The average molecular weight is 358 g/mol. The predicted octanol–water partition coefficient (Wildman–Crippen LogP) is 3.63. The first-order chi connectivity index (χ1) is 13.1. The van der Waals surface area contributed by atoms with Gasteiger partial charge in [0, 0.05) is 24.0 Å². The van der Waals surface area contributed by atoms with E-state index >= 15 is 0 Å². The quantitative estimate of drug-likeness (QED) is 0.572. The number of carbonyl (C=O) groups is 1. The minimum atomic E-state index is 0.00870. The molecule has 0 bridgehead atoms. The number of nitrogens with zero attached hydrogens (tertiary/aromatic N) is 2. The standard InChI is InChI=1S/C22H22N4O/c1-14-16-7-3-4-8-18(16)24-15(2)17(14)13-22(27)23-12-11-21-25-19-9-5-6-10-20(19)26-21/h3-10H,11-13H2,1-2H3,(H,23,27)(H,25,26). The molecule has 0 radical (unpaired) electrons. The topological polar surface area (TPSA) is 70.7 Å². The van der Waals surface area contributed by atoms with Crippen molar-refractivity contribution in [3.05, 3.63) is 71.2 Å². The van der Waals surface area contributed by atoms with Crippen LogP contribution in [0.15, 0.2) is 48.5 Å². The Labute approximate surface area is 157 Å². The second-order valence-corrected chi connectivity index (χ2v) is 6.80. The number of aromatic nitrogens is 3. The van der Waals surface area contributed by atoms with Crippen LogP contribution in [0.1, 0.15) is 22.6 Å². The van der Waals surface area contributed by atoms with Crippen molar-refractivity contribution in [1.29, 1.82) is 0 Å². The Morgan fingerprint density at radius 3 is 2.56 bits per heavy atom. The molecule has 0 aliphatic heterocycles. The Morgan fingerprint density at radius 1 is 1.00 bits per heavy atom. The summed E-state index contributed by atoms with van der Waals surface area (Å²) < 4.78 is 0. The monoisotopic (exact) mass is 358 g/mol. The van der Waals surface area contributed by atoms with E-state index in [1.54, 1.807) is 0 Å². The van der Waals surface area contributed by atoms with Crippen LogP contribution in [-0.4, -0.2) is 27.4 Å². The molecule has 2 aromatic carbocycles. The summed E-state index contributed by atoms with van der Waals surface area (Å²) in [6.45, 7) is 4.59. The third-order valence-electron chi connectivity index (χ3n) is 4.95. The van der Waals surface area contributed by atoms with Crippen molar-refractivity contribution in [3.8, 4) is 0 Å². The number of pyridine rings is 1. The van der Waals surface area contributed by atoms with Crippen LogP contribution in [0.4, 0.5) is 0 Å². The van der Waals surface area contributed by atoms with Crippen LogP contribution < -0.4 is 5.32 Å². The molecule has 2 aromatic heterocycles. The van der Waals surface area contributed by atoms with Gasteiger partial charge in [-0.2, -0.15) is 0 Å². The summed E-state index contributed by atoms with van der Waals surface area (Å²) in [5, 5.41) is 4.10. The summed E-state index contributed by atoms with van der Waals surface area (Å²) >= 11 is 0. The highest BCUT2D eigenvalue weighted by Crippen LogP contribution is 2.22. The fourth-order valence-electron chi connectivity index (χ4n) is 3.50. The highest BCUT2D eigenvalue weighted by atomic mass is 16.1. The largest absolute Gasteiger partial charge is 0.355 e. The number of H-pyrrole nitrogens is 1. The number of aromatic amines is 1. The van der Waals surface area contributed by atoms with Crippen molar-refractivity contribution in [3.63, 3.8) is 0 Å². The molecule has 136 valence electrons. The second-order valence-electron chi connectivity index (χ2n) is 6.80. The number of amides is 1. The number of nitrogens with one attached hydrogen (secondary N) is 2. The Bertz CT molecular complexity index is 1100. The van der Waals surface area contributed by atoms with Gasteiger partial charge in [-0.05, 0) is 43.2 Å². The molecule has 2 N–H and O–H groups in total. The number of para-hydroxylation sites is 3. The van der Waals surface area contributed by atoms with Crippen molar-refractivity contribution < 1.29 is 4.79 Å². The van der Waals surface area contributed by atoms with Gasteiger partial charge in [-0.3, -0.25) is 9.78 Å². The van der Waals surface area contributed by atoms with Crippen LogP contribution in [0.2, 0.25) is 0 Å². The number of hydrogen-bond donors (Lipinski definition) is 2. The van der Waals surface area contributed by atoms with Crippen molar-refractivity contribution in [2.75, 3.05) is 6.54 Å². The summed E-state index contributed by atoms with van der Waals surface area (Å²) in [4.78, 5) is 24.9. The van der Waals surface area contributed by atoms with Crippen LogP contribution in [-0.2, 0) is 17.6 Å². The Kier molecular flexibility index (Phi) is 4.59. The fraction of sp³-hybridized carbons (Fsp3) is 0.227. The zero-order valence-electron chi connectivity index (χ0n) is 15.5. The maximum absolute atomic E-state index is 12.4. The van der Waals surface area contributed by atoms with Crippen LogP contribution in [0.25, 0.3) is 21.9 Å². The number of rotatable bonds is 5. The first kappa shape index (κ1) is 17.2. The molecule has 0 atom stereocenters. The summed E-state index contributed by atoms with van der Waals surface area (Å²) in [7, 11) is 0. The van der Waals surface area contributed by atoms with E-state index in [-0.39, 0.29) is 5.91 Å². The minimum absolute atomic E-state index is 0.00870. The van der Waals surface area contributed by atoms with Crippen LogP contribution in [0, 0.1) is 13.8 Å². The maximum atomic E-state index is 12.4. The van der Waals surface area contributed by atoms with Crippen molar-refractivity contribution in [2.24, 2.45) is 0 Å². The van der Waals surface area contributed by atoms with Crippen LogP contribution >= 0.6 is 0 Å². The molecule has 0 saturated heterocycles. The molecule has 5 nitrogen and oxygen atoms in total. The highest BCUT2D eigenvalue weighted by Gasteiger charge is 2.13. The van der Waals surface area contributed by atoms with Gasteiger partial charge in [0.15, 0.2) is 0 Å². The molecule has 5 heteroatoms. The third-order valence-corrected chi connectivity index (χ3v) is 4.95. The lowest BCUT2D eigenvalue weighted by Gasteiger charge is -2.12. The fourth-order valence-corrected chi connectivity index (χ4v) is 3.50. The first-order valence-corrected chi connectivity index (χ1v) is 9.17. The lowest BCUT2D eigenvalue weighted by molar-refractivity contribution is -0.120. The number of hydrogen-bond acceptors (Lipinski definition) is 3. The summed E-state index contributed by atoms with van der Waals surface area (Å²) in [5.41, 5.74) is 6.00. The molecule has 2 heterocycles. The molecule has 0 unspecified atom stereocenters. The van der Waals surface area contributed by atoms with Crippen molar-refractivity contribution in [1.82, 2.24) is 20.3 Å². The number of imidazole rings is 1. The highest BCUT2D eigenvalue weighted by molar-refractivity contribution is 5.86. The van der Waals surface area contributed by atoms with Crippen LogP contribution in [0.5, 0.6) is 0 Å². The minimum Gasteiger partial charge on any atom is -0.355 e. The SMILES string of the molecule is Cc1nc2ccccc2c(C)c1CC(=O)NCCc1nc2ccccc2[nH]1. The number of aryl methyl sites for hydroxylation is 2. The Hall–Kier alpha value is -3.21. The smallest absolute Gasteiger partial charge is 0.224 e. The van der Waals surface area contributed by atoms with E-state index < -0.39 is 0 Å². The summed E-state index contributed by atoms with van der Waals surface area (Å²) in [5.74, 6) is 0.894. The maximum Gasteiger partial charge on any atom is 0.224 e. The Balaban J connectivity index is 1.41. The van der Waals surface area contributed by atoms with Crippen molar-refractivity contribution >= 4 is 27.8 Å². The molecule has 27 heavy (non-hydrogen) atoms. The summed E-state index contributed by atoms with van der Waals surface area (Å²) in [6, 6.07) is 16.0. The molecule has 4 aromatic rings. The third kappa shape index (κ3) is 3.53. The van der Waals surface area contributed by atoms with E-state index in [2.05, 4.69) is 33.3 Å². The van der Waals surface area contributed by atoms with Gasteiger partial charge >= 0.3 is 0 Å². The molecule has 0 spiro atoms. The molecule has 0 saturated carbocycles. The zero-order chi connectivity index (χ0) is 18.8. The van der Waals surface area contributed by atoms with E-state index in [1.165, 1.54) is 0 Å². The van der Waals surface area contributed by atoms with Gasteiger partial charge in [0.25, 0.3) is 0 Å². The van der Waals surface area contributed by atoms with Crippen LogP contribution in [0.3, 0.4) is 0 Å². The molecule has 0 aliphatic rings. The number of benzene rings is 2. The van der Waals surface area contributed by atoms with E-state index in [9.17, 15) is 4.79 Å². The molecule has 4 rings (SSSR count). The lowest BCUT2D eigenvalue weighted by Crippen LogP contribution is -2.28. The molecule has 0 aliphatic carbocycles. The van der Waals surface area contributed by atoms with Gasteiger partial charge in [0.05, 0.1) is 23.0 Å². The molecular weight excluding hydrogens is 336 g/mol. The predicted molar refractivity (Wildman–Crippen MR) is 108 cm³/mol. The first-order valence-electron chi connectivity index (χ1n) is 9.17. The second kappa shape index (κ2) is 7.19. The van der Waals surface area contributed by atoms with E-state index in [1.807, 2.05) is 49.4 Å². The molecule has 0 fully saturated rings. The molecule has 1 amide bonds. The Morgan fingerprint density at radius 2 is 1.74 bits per heavy atom. The van der Waals surface area contributed by atoms with Gasteiger partial charge in [0.2, 0.25) is 5.91 Å². The van der Waals surface area contributed by atoms with Gasteiger partial charge in [-0.1, -0.05) is 30.3 Å². The van der Waals surface area contributed by atoms with Gasteiger partial charge in [0.1, 0.15) is 5.82 Å². The van der Waals surface area contributed by atoms with Crippen molar-refractivity contribution in [2.45, 2.75) is 26.7 Å². The molecular formula is C22H22N4O. The van der Waals surface area contributed by atoms with E-state index in [0.717, 1.165) is 44.6 Å². The van der Waals surface area contributed by atoms with Gasteiger partial charge in [-0.25, -0.2) is 4.98 Å². The van der Waals surface area contributed by atoms with Gasteiger partial charge in [-0.15, -0.1) is 0 Å². The lowest BCUT2D eigenvalue weighted by atomic mass is 9.99. The zero-order valence-corrected chi connectivity index (χ0v) is 15.5. The average Bonchev–Trinajstić information content (AvgIpc) is 3.08. The van der Waals surface area contributed by atoms with Gasteiger partial charge < -0.3 is 10.3 Å². The van der Waals surface area contributed by atoms with E-state index in [4.69, 9.17) is 0 Å². The number of fused-ring (bicyclic) bond motifs is 2. The normalized spacial score (nSPS) is 11.2. The van der Waals surface area contributed by atoms with E-state index in [0.29, 0.717) is 19.4 Å².